The number of carbonyl (C=O) groups excluding carboxylic acids is 1. The first-order valence-electron chi connectivity index (χ1n) is 12.1. The zero-order valence-electron chi connectivity index (χ0n) is 21.2. The predicted molar refractivity (Wildman–Crippen MR) is 148 cm³/mol. The van der Waals surface area contributed by atoms with Crippen molar-refractivity contribution >= 4 is 35.3 Å². The third-order valence-corrected chi connectivity index (χ3v) is 7.30. The number of carboxylic acids is 1. The third kappa shape index (κ3) is 5.19. The summed E-state index contributed by atoms with van der Waals surface area (Å²) in [6, 6.07) is 21.9. The van der Waals surface area contributed by atoms with E-state index in [9.17, 15) is 14.7 Å². The number of fused-ring (bicyclic) bond motifs is 1. The molecule has 8 nitrogen and oxygen atoms in total. The van der Waals surface area contributed by atoms with Crippen LogP contribution >= 0.6 is 11.8 Å². The fourth-order valence-corrected chi connectivity index (χ4v) is 5.25. The minimum Gasteiger partial charge on any atom is -0.478 e. The van der Waals surface area contributed by atoms with Crippen LogP contribution in [-0.2, 0) is 10.5 Å². The highest BCUT2D eigenvalue weighted by Crippen LogP contribution is 2.37. The molecule has 1 aliphatic heterocycles. The summed E-state index contributed by atoms with van der Waals surface area (Å²) in [5.41, 5.74) is 5.98. The number of benzene rings is 3. The number of aryl methyl sites for hydroxylation is 2. The standard InChI is InChI=1S/C29H27N5O3S/c1-17-9-14-23(18(2)15-17)31-26(35)24-19(3)30-28-32-29(38-16-20-7-5-4-6-8-20)33-34(28)25(24)21-10-12-22(13-11-21)27(36)37/h4-15,25H,16H2,1-3H3,(H,31,35)(H,36,37)(H,30,32,33). The number of carbonyl (C=O) groups is 2. The average Bonchev–Trinajstić information content (AvgIpc) is 3.31. The van der Waals surface area contributed by atoms with Crippen molar-refractivity contribution in [1.82, 2.24) is 14.8 Å². The molecule has 192 valence electrons. The minimum atomic E-state index is -1.01. The highest BCUT2D eigenvalue weighted by atomic mass is 32.2. The summed E-state index contributed by atoms with van der Waals surface area (Å²) in [5, 5.41) is 21.0. The van der Waals surface area contributed by atoms with Crippen molar-refractivity contribution < 1.29 is 14.7 Å². The van der Waals surface area contributed by atoms with E-state index in [1.165, 1.54) is 23.9 Å². The molecule has 0 bridgehead atoms. The summed E-state index contributed by atoms with van der Waals surface area (Å²) < 4.78 is 1.70. The van der Waals surface area contributed by atoms with Crippen molar-refractivity contribution in [1.29, 1.82) is 0 Å². The van der Waals surface area contributed by atoms with Gasteiger partial charge >= 0.3 is 5.97 Å². The molecular formula is C29H27N5O3S. The van der Waals surface area contributed by atoms with Gasteiger partial charge in [-0.2, -0.15) is 4.98 Å². The van der Waals surface area contributed by atoms with Crippen LogP contribution in [0.2, 0.25) is 0 Å². The van der Waals surface area contributed by atoms with Crippen LogP contribution in [0.5, 0.6) is 0 Å². The summed E-state index contributed by atoms with van der Waals surface area (Å²) in [6.45, 7) is 5.80. The second-order valence-corrected chi connectivity index (χ2v) is 10.1. The second-order valence-electron chi connectivity index (χ2n) is 9.20. The Kier molecular flexibility index (Phi) is 7.02. The van der Waals surface area contributed by atoms with Crippen LogP contribution in [0, 0.1) is 13.8 Å². The van der Waals surface area contributed by atoms with Gasteiger partial charge in [0.05, 0.1) is 11.1 Å². The number of nitrogens with one attached hydrogen (secondary N) is 2. The number of nitrogens with zero attached hydrogens (tertiary/aromatic N) is 3. The number of rotatable bonds is 7. The van der Waals surface area contributed by atoms with Crippen molar-refractivity contribution in [3.8, 4) is 0 Å². The van der Waals surface area contributed by atoms with Gasteiger partial charge in [0.25, 0.3) is 5.91 Å². The lowest BCUT2D eigenvalue weighted by molar-refractivity contribution is -0.113. The number of anilines is 2. The van der Waals surface area contributed by atoms with E-state index in [0.29, 0.717) is 28.1 Å². The van der Waals surface area contributed by atoms with Crippen molar-refractivity contribution in [2.45, 2.75) is 37.7 Å². The number of aromatic carboxylic acids is 1. The lowest BCUT2D eigenvalue weighted by Gasteiger charge is -2.29. The molecule has 1 amide bonds. The molecule has 0 saturated heterocycles. The smallest absolute Gasteiger partial charge is 0.335 e. The normalized spacial score (nSPS) is 14.6. The van der Waals surface area contributed by atoms with Crippen LogP contribution in [0.1, 0.15) is 45.6 Å². The van der Waals surface area contributed by atoms with E-state index < -0.39 is 12.0 Å². The molecule has 5 rings (SSSR count). The van der Waals surface area contributed by atoms with Gasteiger partial charge in [0.15, 0.2) is 0 Å². The molecule has 3 N–H and O–H groups in total. The van der Waals surface area contributed by atoms with Gasteiger partial charge in [0, 0.05) is 17.1 Å². The molecule has 3 aromatic carbocycles. The molecule has 9 heteroatoms. The van der Waals surface area contributed by atoms with Gasteiger partial charge in [-0.05, 0) is 55.7 Å². The topological polar surface area (TPSA) is 109 Å². The molecule has 0 fully saturated rings. The van der Waals surface area contributed by atoms with Crippen molar-refractivity contribution in [3.63, 3.8) is 0 Å². The van der Waals surface area contributed by atoms with Gasteiger partial charge in [0.1, 0.15) is 6.04 Å². The average molecular weight is 526 g/mol. The summed E-state index contributed by atoms with van der Waals surface area (Å²) >= 11 is 1.51. The van der Waals surface area contributed by atoms with Gasteiger partial charge in [0.2, 0.25) is 11.1 Å². The zero-order valence-corrected chi connectivity index (χ0v) is 22.0. The maximum Gasteiger partial charge on any atom is 0.335 e. The Balaban J connectivity index is 1.51. The summed E-state index contributed by atoms with van der Waals surface area (Å²) in [6.07, 6.45) is 0. The Morgan fingerprint density at radius 1 is 1.03 bits per heavy atom. The van der Waals surface area contributed by atoms with E-state index in [1.54, 1.807) is 16.8 Å². The van der Waals surface area contributed by atoms with E-state index in [4.69, 9.17) is 5.10 Å². The van der Waals surface area contributed by atoms with E-state index in [2.05, 4.69) is 27.8 Å². The Bertz CT molecular complexity index is 1540. The molecule has 38 heavy (non-hydrogen) atoms. The van der Waals surface area contributed by atoms with Crippen LogP contribution in [0.25, 0.3) is 0 Å². The molecule has 0 radical (unpaired) electrons. The summed E-state index contributed by atoms with van der Waals surface area (Å²) in [5.74, 6) is -0.0564. The number of hydrogen-bond donors (Lipinski definition) is 3. The highest BCUT2D eigenvalue weighted by Gasteiger charge is 2.34. The Morgan fingerprint density at radius 2 is 1.76 bits per heavy atom. The quantitative estimate of drug-likeness (QED) is 0.261. The number of thioether (sulfide) groups is 1. The molecule has 0 saturated carbocycles. The van der Waals surface area contributed by atoms with E-state index in [1.807, 2.05) is 57.2 Å². The van der Waals surface area contributed by atoms with Crippen LogP contribution in [-0.4, -0.2) is 31.7 Å². The predicted octanol–water partition coefficient (Wildman–Crippen LogP) is 5.81. The third-order valence-electron chi connectivity index (χ3n) is 6.39. The zero-order chi connectivity index (χ0) is 26.8. The number of allylic oxidation sites excluding steroid dienone is 1. The molecule has 4 aromatic rings. The van der Waals surface area contributed by atoms with E-state index in [0.717, 1.165) is 27.9 Å². The largest absolute Gasteiger partial charge is 0.478 e. The number of aromatic nitrogens is 3. The number of amides is 1. The fraction of sp³-hybridized carbons (Fsp3) is 0.172. The molecule has 0 aliphatic carbocycles. The molecule has 1 atom stereocenters. The van der Waals surface area contributed by atoms with E-state index >= 15 is 0 Å². The SMILES string of the molecule is CC1=C(C(=O)Nc2ccc(C)cc2C)C(c2ccc(C(=O)O)cc2)n2nc(SCc3ccccc3)nc2N1. The van der Waals surface area contributed by atoms with Gasteiger partial charge in [-0.25, -0.2) is 9.48 Å². The maximum absolute atomic E-state index is 13.7. The van der Waals surface area contributed by atoms with Gasteiger partial charge in [-0.1, -0.05) is 71.9 Å². The summed E-state index contributed by atoms with van der Waals surface area (Å²) in [7, 11) is 0. The molecule has 1 aliphatic rings. The number of carboxylic acid groups (broad SMARTS) is 1. The molecule has 0 spiro atoms. The molecule has 1 aromatic heterocycles. The van der Waals surface area contributed by atoms with Gasteiger partial charge < -0.3 is 15.7 Å². The Hall–Kier alpha value is -4.37. The van der Waals surface area contributed by atoms with Gasteiger partial charge in [-0.15, -0.1) is 5.10 Å². The Labute approximate surface area is 224 Å². The van der Waals surface area contributed by atoms with Crippen LogP contribution in [0.3, 0.4) is 0 Å². The molecule has 2 heterocycles. The van der Waals surface area contributed by atoms with Crippen LogP contribution < -0.4 is 10.6 Å². The second kappa shape index (κ2) is 10.5. The minimum absolute atomic E-state index is 0.169. The monoisotopic (exact) mass is 525 g/mol. The fourth-order valence-electron chi connectivity index (χ4n) is 4.47. The van der Waals surface area contributed by atoms with Crippen molar-refractivity contribution in [3.05, 3.63) is 112 Å². The lowest BCUT2D eigenvalue weighted by atomic mass is 9.94. The first-order valence-corrected chi connectivity index (χ1v) is 13.1. The molecular weight excluding hydrogens is 498 g/mol. The summed E-state index contributed by atoms with van der Waals surface area (Å²) in [4.78, 5) is 29.9. The lowest BCUT2D eigenvalue weighted by Crippen LogP contribution is -2.31. The van der Waals surface area contributed by atoms with Crippen LogP contribution in [0.4, 0.5) is 11.6 Å². The van der Waals surface area contributed by atoms with Crippen molar-refractivity contribution in [2.75, 3.05) is 10.6 Å². The highest BCUT2D eigenvalue weighted by molar-refractivity contribution is 7.98. The molecule has 1 unspecified atom stereocenters. The van der Waals surface area contributed by atoms with Crippen molar-refractivity contribution in [2.24, 2.45) is 0 Å². The first-order chi connectivity index (χ1) is 18.3. The van der Waals surface area contributed by atoms with E-state index in [-0.39, 0.29) is 11.5 Å². The maximum atomic E-state index is 13.7. The first kappa shape index (κ1) is 25.3. The van der Waals surface area contributed by atoms with Crippen LogP contribution in [0.15, 0.2) is 89.2 Å². The Morgan fingerprint density at radius 3 is 2.45 bits per heavy atom. The number of hydrogen-bond acceptors (Lipinski definition) is 6. The van der Waals surface area contributed by atoms with Gasteiger partial charge in [-0.3, -0.25) is 4.79 Å².